The SMILES string of the molecule is C[C@@H](NC1CCCC(c2ccc(S(C)(=O)=O)cc2)N1)C1CCOC1. The van der Waals surface area contributed by atoms with E-state index in [1.807, 2.05) is 12.1 Å². The zero-order chi connectivity index (χ0) is 17.2. The van der Waals surface area contributed by atoms with Crippen LogP contribution < -0.4 is 10.6 Å². The number of ether oxygens (including phenoxy) is 1. The van der Waals surface area contributed by atoms with Gasteiger partial charge in [-0.25, -0.2) is 8.42 Å². The molecular weight excluding hydrogens is 324 g/mol. The molecule has 24 heavy (non-hydrogen) atoms. The van der Waals surface area contributed by atoms with Gasteiger partial charge in [0.2, 0.25) is 0 Å². The van der Waals surface area contributed by atoms with E-state index in [1.165, 1.54) is 6.26 Å². The van der Waals surface area contributed by atoms with Crippen molar-refractivity contribution in [3.63, 3.8) is 0 Å². The van der Waals surface area contributed by atoms with Crippen LogP contribution in [0.5, 0.6) is 0 Å². The number of hydrogen-bond donors (Lipinski definition) is 2. The standard InChI is InChI=1S/C18H28N2O3S/c1-13(15-10-11-23-12-15)19-18-5-3-4-17(20-18)14-6-8-16(9-7-14)24(2,21)22/h6-9,13,15,17-20H,3-5,10-12H2,1-2H3/t13-,15?,17?,18?/m1/s1. The molecule has 134 valence electrons. The Morgan fingerprint density at radius 3 is 2.58 bits per heavy atom. The van der Waals surface area contributed by atoms with Crippen LogP contribution in [0, 0.1) is 5.92 Å². The van der Waals surface area contributed by atoms with Crippen molar-refractivity contribution in [1.82, 2.24) is 10.6 Å². The van der Waals surface area contributed by atoms with E-state index >= 15 is 0 Å². The molecule has 6 heteroatoms. The average Bonchev–Trinajstić information content (AvgIpc) is 3.09. The van der Waals surface area contributed by atoms with Crippen LogP contribution in [0.15, 0.2) is 29.2 Å². The molecule has 2 heterocycles. The number of nitrogens with one attached hydrogen (secondary N) is 2. The van der Waals surface area contributed by atoms with Crippen LogP contribution in [0.2, 0.25) is 0 Å². The van der Waals surface area contributed by atoms with Crippen LogP contribution in [-0.4, -0.2) is 40.1 Å². The smallest absolute Gasteiger partial charge is 0.175 e. The lowest BCUT2D eigenvalue weighted by Gasteiger charge is -2.35. The molecule has 2 N–H and O–H groups in total. The summed E-state index contributed by atoms with van der Waals surface area (Å²) in [6, 6.07) is 8.01. The number of benzene rings is 1. The molecular formula is C18H28N2O3S. The zero-order valence-corrected chi connectivity index (χ0v) is 15.3. The molecule has 2 aliphatic heterocycles. The molecule has 0 bridgehead atoms. The van der Waals surface area contributed by atoms with E-state index in [0.29, 0.717) is 23.0 Å². The largest absolute Gasteiger partial charge is 0.381 e. The maximum atomic E-state index is 11.6. The fraction of sp³-hybridized carbons (Fsp3) is 0.667. The number of hydrogen-bond acceptors (Lipinski definition) is 5. The number of rotatable bonds is 5. The Morgan fingerprint density at radius 2 is 1.96 bits per heavy atom. The normalized spacial score (nSPS) is 29.5. The summed E-state index contributed by atoms with van der Waals surface area (Å²) in [4.78, 5) is 0.381. The van der Waals surface area contributed by atoms with Crippen molar-refractivity contribution < 1.29 is 13.2 Å². The summed E-state index contributed by atoms with van der Waals surface area (Å²) < 4.78 is 28.7. The topological polar surface area (TPSA) is 67.4 Å². The fourth-order valence-electron chi connectivity index (χ4n) is 3.68. The molecule has 0 amide bonds. The van der Waals surface area contributed by atoms with E-state index in [9.17, 15) is 8.42 Å². The van der Waals surface area contributed by atoms with Gasteiger partial charge in [0.15, 0.2) is 9.84 Å². The van der Waals surface area contributed by atoms with Gasteiger partial charge in [-0.05, 0) is 56.2 Å². The van der Waals surface area contributed by atoms with Gasteiger partial charge in [0.1, 0.15) is 0 Å². The van der Waals surface area contributed by atoms with Gasteiger partial charge in [0.05, 0.1) is 17.7 Å². The molecule has 0 saturated carbocycles. The van der Waals surface area contributed by atoms with E-state index in [-0.39, 0.29) is 6.04 Å². The third-order valence-corrected chi connectivity index (χ3v) is 6.36. The first kappa shape index (κ1) is 17.9. The maximum absolute atomic E-state index is 11.6. The van der Waals surface area contributed by atoms with Crippen LogP contribution in [-0.2, 0) is 14.6 Å². The molecule has 3 unspecified atom stereocenters. The second-order valence-corrected chi connectivity index (χ2v) is 9.14. The quantitative estimate of drug-likeness (QED) is 0.851. The van der Waals surface area contributed by atoms with Gasteiger partial charge in [0, 0.05) is 24.9 Å². The minimum absolute atomic E-state index is 0.275. The van der Waals surface area contributed by atoms with E-state index < -0.39 is 9.84 Å². The monoisotopic (exact) mass is 352 g/mol. The van der Waals surface area contributed by atoms with Crippen molar-refractivity contribution in [2.75, 3.05) is 19.5 Å². The number of piperidine rings is 1. The summed E-state index contributed by atoms with van der Waals surface area (Å²) in [6.45, 7) is 3.98. The third-order valence-electron chi connectivity index (χ3n) is 5.23. The highest BCUT2D eigenvalue weighted by atomic mass is 32.2. The minimum Gasteiger partial charge on any atom is -0.381 e. The molecule has 2 aliphatic rings. The van der Waals surface area contributed by atoms with Gasteiger partial charge in [-0.15, -0.1) is 0 Å². The average molecular weight is 353 g/mol. The van der Waals surface area contributed by atoms with E-state index in [0.717, 1.165) is 44.5 Å². The van der Waals surface area contributed by atoms with Crippen LogP contribution in [0.3, 0.4) is 0 Å². The Hall–Kier alpha value is -0.950. The van der Waals surface area contributed by atoms with Crippen molar-refractivity contribution in [3.05, 3.63) is 29.8 Å². The van der Waals surface area contributed by atoms with E-state index in [1.54, 1.807) is 12.1 Å². The molecule has 0 spiro atoms. The van der Waals surface area contributed by atoms with Crippen molar-refractivity contribution in [1.29, 1.82) is 0 Å². The molecule has 0 aliphatic carbocycles. The van der Waals surface area contributed by atoms with Crippen LogP contribution in [0.4, 0.5) is 0 Å². The Kier molecular flexibility index (Phi) is 5.59. The third kappa shape index (κ3) is 4.36. The summed E-state index contributed by atoms with van der Waals surface area (Å²) in [6.07, 6.45) is 6.05. The Labute approximate surface area is 145 Å². The van der Waals surface area contributed by atoms with E-state index in [2.05, 4.69) is 17.6 Å². The van der Waals surface area contributed by atoms with Gasteiger partial charge in [-0.1, -0.05) is 12.1 Å². The lowest BCUT2D eigenvalue weighted by molar-refractivity contribution is 0.170. The highest BCUT2D eigenvalue weighted by molar-refractivity contribution is 7.90. The van der Waals surface area contributed by atoms with Gasteiger partial charge >= 0.3 is 0 Å². The number of sulfone groups is 1. The highest BCUT2D eigenvalue weighted by Gasteiger charge is 2.27. The Morgan fingerprint density at radius 1 is 1.21 bits per heavy atom. The first-order valence-corrected chi connectivity index (χ1v) is 10.7. The molecule has 0 radical (unpaired) electrons. The van der Waals surface area contributed by atoms with Crippen LogP contribution >= 0.6 is 0 Å². The van der Waals surface area contributed by atoms with Gasteiger partial charge < -0.3 is 4.74 Å². The van der Waals surface area contributed by atoms with Crippen LogP contribution in [0.25, 0.3) is 0 Å². The first-order chi connectivity index (χ1) is 11.4. The fourth-order valence-corrected chi connectivity index (χ4v) is 4.31. The summed E-state index contributed by atoms with van der Waals surface area (Å²) in [5.41, 5.74) is 1.16. The highest BCUT2D eigenvalue weighted by Crippen LogP contribution is 2.27. The zero-order valence-electron chi connectivity index (χ0n) is 14.5. The van der Waals surface area contributed by atoms with Crippen molar-refractivity contribution in [2.45, 2.75) is 55.8 Å². The minimum atomic E-state index is -3.13. The Bertz CT molecular complexity index is 639. The molecule has 4 atom stereocenters. The Balaban J connectivity index is 1.60. The summed E-state index contributed by atoms with van der Waals surface area (Å²) >= 11 is 0. The van der Waals surface area contributed by atoms with Crippen molar-refractivity contribution in [2.24, 2.45) is 5.92 Å². The van der Waals surface area contributed by atoms with Gasteiger partial charge in [-0.3, -0.25) is 10.6 Å². The molecule has 1 aromatic carbocycles. The second-order valence-electron chi connectivity index (χ2n) is 7.12. The summed E-state index contributed by atoms with van der Waals surface area (Å²) in [7, 11) is -3.13. The molecule has 1 aromatic rings. The lowest BCUT2D eigenvalue weighted by Crippen LogP contribution is -2.51. The van der Waals surface area contributed by atoms with E-state index in [4.69, 9.17) is 4.74 Å². The molecule has 0 aromatic heterocycles. The van der Waals surface area contributed by atoms with Gasteiger partial charge in [0.25, 0.3) is 0 Å². The predicted octanol–water partition coefficient (Wildman–Crippen LogP) is 2.25. The molecule has 5 nitrogen and oxygen atoms in total. The predicted molar refractivity (Wildman–Crippen MR) is 94.6 cm³/mol. The molecule has 3 rings (SSSR count). The molecule has 2 saturated heterocycles. The summed E-state index contributed by atoms with van der Waals surface area (Å²) in [5, 5.41) is 7.39. The lowest BCUT2D eigenvalue weighted by atomic mass is 9.94. The molecule has 2 fully saturated rings. The van der Waals surface area contributed by atoms with Crippen LogP contribution in [0.1, 0.15) is 44.2 Å². The van der Waals surface area contributed by atoms with Crippen molar-refractivity contribution in [3.8, 4) is 0 Å². The first-order valence-electron chi connectivity index (χ1n) is 8.83. The van der Waals surface area contributed by atoms with Crippen molar-refractivity contribution >= 4 is 9.84 Å². The maximum Gasteiger partial charge on any atom is 0.175 e. The summed E-state index contributed by atoms with van der Waals surface area (Å²) in [5.74, 6) is 0.598. The second kappa shape index (κ2) is 7.52. The van der Waals surface area contributed by atoms with Gasteiger partial charge in [-0.2, -0.15) is 0 Å².